The lowest BCUT2D eigenvalue weighted by Gasteiger charge is -2.33. The SMILES string of the molecule is IC1C[C@@H](CCc2ccccc2)O[C@@H](CCc2ccccc2)C1. The predicted octanol–water partition coefficient (Wildman–Crippen LogP) is 5.60. The molecule has 0 N–H and O–H groups in total. The Morgan fingerprint density at radius 2 is 1.17 bits per heavy atom. The molecule has 1 aliphatic heterocycles. The fourth-order valence-electron chi connectivity index (χ4n) is 3.37. The van der Waals surface area contributed by atoms with E-state index in [0.717, 1.165) is 29.6 Å². The maximum absolute atomic E-state index is 6.40. The third kappa shape index (κ3) is 5.61. The Morgan fingerprint density at radius 3 is 1.61 bits per heavy atom. The zero-order chi connectivity index (χ0) is 15.9. The Kier molecular flexibility index (Phi) is 6.52. The second kappa shape index (κ2) is 8.84. The molecule has 0 saturated carbocycles. The first-order valence-electron chi connectivity index (χ1n) is 8.67. The van der Waals surface area contributed by atoms with Crippen LogP contribution in [0.1, 0.15) is 36.8 Å². The molecule has 0 bridgehead atoms. The molecule has 1 saturated heterocycles. The van der Waals surface area contributed by atoms with Gasteiger partial charge in [0.1, 0.15) is 0 Å². The minimum Gasteiger partial charge on any atom is -0.375 e. The average molecular weight is 420 g/mol. The van der Waals surface area contributed by atoms with E-state index >= 15 is 0 Å². The van der Waals surface area contributed by atoms with Crippen LogP contribution in [0.2, 0.25) is 0 Å². The molecule has 1 heterocycles. The first-order valence-corrected chi connectivity index (χ1v) is 9.91. The normalized spacial score (nSPS) is 24.5. The van der Waals surface area contributed by atoms with E-state index < -0.39 is 0 Å². The van der Waals surface area contributed by atoms with Crippen molar-refractivity contribution in [1.82, 2.24) is 0 Å². The van der Waals surface area contributed by atoms with Gasteiger partial charge in [0.25, 0.3) is 0 Å². The zero-order valence-electron chi connectivity index (χ0n) is 13.5. The van der Waals surface area contributed by atoms with Gasteiger partial charge >= 0.3 is 0 Å². The maximum Gasteiger partial charge on any atom is 0.0592 e. The summed E-state index contributed by atoms with van der Waals surface area (Å²) in [5, 5.41) is 0. The molecule has 23 heavy (non-hydrogen) atoms. The van der Waals surface area contributed by atoms with Crippen LogP contribution in [0.4, 0.5) is 0 Å². The Morgan fingerprint density at radius 1 is 0.739 bits per heavy atom. The highest BCUT2D eigenvalue weighted by Gasteiger charge is 2.27. The summed E-state index contributed by atoms with van der Waals surface area (Å²) in [6.45, 7) is 0. The summed E-state index contributed by atoms with van der Waals surface area (Å²) >= 11 is 2.62. The van der Waals surface area contributed by atoms with Gasteiger partial charge in [0, 0.05) is 3.92 Å². The summed E-state index contributed by atoms with van der Waals surface area (Å²) < 4.78 is 7.15. The van der Waals surface area contributed by atoms with Crippen molar-refractivity contribution in [1.29, 1.82) is 0 Å². The van der Waals surface area contributed by atoms with Gasteiger partial charge in [-0.25, -0.2) is 0 Å². The Labute approximate surface area is 153 Å². The van der Waals surface area contributed by atoms with E-state index in [9.17, 15) is 0 Å². The molecule has 3 atom stereocenters. The number of hydrogen-bond acceptors (Lipinski definition) is 1. The maximum atomic E-state index is 6.40. The van der Waals surface area contributed by atoms with Crippen molar-refractivity contribution in [3.8, 4) is 0 Å². The number of halogens is 1. The first-order chi connectivity index (χ1) is 11.3. The predicted molar refractivity (Wildman–Crippen MR) is 105 cm³/mol. The minimum absolute atomic E-state index is 0.423. The van der Waals surface area contributed by atoms with Gasteiger partial charge in [0.15, 0.2) is 0 Å². The van der Waals surface area contributed by atoms with E-state index in [1.54, 1.807) is 0 Å². The third-order valence-electron chi connectivity index (χ3n) is 4.62. The van der Waals surface area contributed by atoms with Crippen molar-refractivity contribution in [2.75, 3.05) is 0 Å². The molecule has 1 fully saturated rings. The Balaban J connectivity index is 1.48. The van der Waals surface area contributed by atoms with Crippen molar-refractivity contribution < 1.29 is 4.74 Å². The zero-order valence-corrected chi connectivity index (χ0v) is 15.7. The molecule has 1 nitrogen and oxygen atoms in total. The number of ether oxygens (including phenoxy) is 1. The fourth-order valence-corrected chi connectivity index (χ4v) is 4.50. The average Bonchev–Trinajstić information content (AvgIpc) is 2.60. The minimum atomic E-state index is 0.423. The summed E-state index contributed by atoms with van der Waals surface area (Å²) in [7, 11) is 0. The van der Waals surface area contributed by atoms with Crippen molar-refractivity contribution in [2.24, 2.45) is 0 Å². The van der Waals surface area contributed by atoms with Crippen LogP contribution in [0.25, 0.3) is 0 Å². The molecular formula is C21H25IO. The summed E-state index contributed by atoms with van der Waals surface area (Å²) in [5.74, 6) is 0. The van der Waals surface area contributed by atoms with Gasteiger partial charge in [0.2, 0.25) is 0 Å². The van der Waals surface area contributed by atoms with Gasteiger partial charge in [-0.05, 0) is 49.7 Å². The number of alkyl halides is 1. The van der Waals surface area contributed by atoms with Crippen LogP contribution in [-0.2, 0) is 17.6 Å². The molecule has 0 radical (unpaired) electrons. The van der Waals surface area contributed by atoms with Crippen LogP contribution >= 0.6 is 22.6 Å². The highest BCUT2D eigenvalue weighted by atomic mass is 127. The lowest BCUT2D eigenvalue weighted by molar-refractivity contribution is -0.0513. The van der Waals surface area contributed by atoms with Gasteiger partial charge in [-0.15, -0.1) is 0 Å². The van der Waals surface area contributed by atoms with Gasteiger partial charge in [-0.2, -0.15) is 0 Å². The van der Waals surface area contributed by atoms with Crippen LogP contribution in [0, 0.1) is 0 Å². The Bertz CT molecular complexity index is 517. The van der Waals surface area contributed by atoms with Crippen molar-refractivity contribution >= 4 is 22.6 Å². The molecule has 0 aromatic heterocycles. The van der Waals surface area contributed by atoms with Crippen LogP contribution in [0.3, 0.4) is 0 Å². The molecule has 1 aliphatic rings. The first kappa shape index (κ1) is 17.0. The lowest BCUT2D eigenvalue weighted by Crippen LogP contribution is -2.33. The van der Waals surface area contributed by atoms with E-state index in [-0.39, 0.29) is 0 Å². The van der Waals surface area contributed by atoms with Crippen LogP contribution < -0.4 is 0 Å². The van der Waals surface area contributed by atoms with E-state index in [1.807, 2.05) is 0 Å². The molecule has 1 unspecified atom stereocenters. The monoisotopic (exact) mass is 420 g/mol. The summed E-state index contributed by atoms with van der Waals surface area (Å²) in [4.78, 5) is 0. The fraction of sp³-hybridized carbons (Fsp3) is 0.429. The molecule has 0 amide bonds. The largest absolute Gasteiger partial charge is 0.375 e. The molecule has 3 rings (SSSR count). The van der Waals surface area contributed by atoms with E-state index in [0.29, 0.717) is 12.2 Å². The van der Waals surface area contributed by atoms with Crippen LogP contribution in [-0.4, -0.2) is 16.1 Å². The van der Waals surface area contributed by atoms with E-state index in [2.05, 4.69) is 83.3 Å². The molecule has 0 spiro atoms. The highest BCUT2D eigenvalue weighted by Crippen LogP contribution is 2.30. The van der Waals surface area contributed by atoms with E-state index in [1.165, 1.54) is 24.0 Å². The standard InChI is InChI=1S/C21H25IO/c22-19-15-20(13-11-17-7-3-1-4-8-17)23-21(16-19)14-12-18-9-5-2-6-10-18/h1-10,19-21H,11-16H2/t19?,20-,21+. The summed E-state index contributed by atoms with van der Waals surface area (Å²) in [5.41, 5.74) is 2.85. The van der Waals surface area contributed by atoms with Crippen LogP contribution in [0.5, 0.6) is 0 Å². The molecule has 0 aliphatic carbocycles. The van der Waals surface area contributed by atoms with Crippen molar-refractivity contribution in [3.63, 3.8) is 0 Å². The lowest BCUT2D eigenvalue weighted by atomic mass is 9.95. The summed E-state index contributed by atoms with van der Waals surface area (Å²) in [6.07, 6.45) is 7.79. The van der Waals surface area contributed by atoms with Gasteiger partial charge < -0.3 is 4.74 Å². The molecule has 2 aromatic rings. The quantitative estimate of drug-likeness (QED) is 0.437. The number of aryl methyl sites for hydroxylation is 2. The third-order valence-corrected chi connectivity index (χ3v) is 5.63. The number of rotatable bonds is 6. The second-order valence-corrected chi connectivity index (χ2v) is 8.26. The molecule has 122 valence electrons. The smallest absolute Gasteiger partial charge is 0.0592 e. The Hall–Kier alpha value is -0.870. The van der Waals surface area contributed by atoms with E-state index in [4.69, 9.17) is 4.74 Å². The van der Waals surface area contributed by atoms with Crippen molar-refractivity contribution in [3.05, 3.63) is 71.8 Å². The van der Waals surface area contributed by atoms with Gasteiger partial charge in [-0.3, -0.25) is 0 Å². The van der Waals surface area contributed by atoms with Gasteiger partial charge in [0.05, 0.1) is 12.2 Å². The highest BCUT2D eigenvalue weighted by molar-refractivity contribution is 14.1. The van der Waals surface area contributed by atoms with Gasteiger partial charge in [-0.1, -0.05) is 83.3 Å². The summed E-state index contributed by atoms with van der Waals surface area (Å²) in [6, 6.07) is 21.6. The number of hydrogen-bond donors (Lipinski definition) is 0. The van der Waals surface area contributed by atoms with Crippen molar-refractivity contribution in [2.45, 2.75) is 54.7 Å². The molecule has 2 aromatic carbocycles. The molecular weight excluding hydrogens is 395 g/mol. The topological polar surface area (TPSA) is 9.23 Å². The molecule has 2 heteroatoms. The number of benzene rings is 2. The second-order valence-electron chi connectivity index (χ2n) is 6.50. The van der Waals surface area contributed by atoms with Crippen LogP contribution in [0.15, 0.2) is 60.7 Å².